The van der Waals surface area contributed by atoms with Gasteiger partial charge >= 0.3 is 0 Å². The summed E-state index contributed by atoms with van der Waals surface area (Å²) in [5, 5.41) is 5.17. The summed E-state index contributed by atoms with van der Waals surface area (Å²) in [5.41, 5.74) is 20.7. The minimum Gasteiger partial charge on any atom is -0.311 e. The van der Waals surface area contributed by atoms with E-state index in [1.54, 1.807) is 0 Å². The molecule has 9 aromatic rings. The molecule has 11 rings (SSSR count). The van der Waals surface area contributed by atoms with Crippen molar-refractivity contribution in [3.63, 3.8) is 0 Å². The van der Waals surface area contributed by atoms with Crippen LogP contribution in [0.3, 0.4) is 0 Å². The standard InChI is InChI=1S/C58H58BN3/c1-55(2,3)35-20-26-39(27-21-35)60-48-30-24-37(57(7,8)9)32-45(48)59-46-33-38(58(10,11)12)25-31-49(46)61(40-28-22-36(23-29-40)56(4,5)6)54-51(59)50(60)34-44-43-18-15-17-42-41-16-13-14-19-47(41)62(52(42)43)53(44)54/h13-34H,1-12H3. The summed E-state index contributed by atoms with van der Waals surface area (Å²) in [6, 6.07) is 52.1. The molecule has 0 saturated carbocycles. The smallest absolute Gasteiger partial charge is 0.252 e. The van der Waals surface area contributed by atoms with Crippen LogP contribution in [0.15, 0.2) is 133 Å². The Balaban J connectivity index is 1.35. The van der Waals surface area contributed by atoms with Crippen molar-refractivity contribution in [2.24, 2.45) is 0 Å². The molecule has 4 heterocycles. The molecule has 3 nitrogen and oxygen atoms in total. The number of aromatic nitrogens is 1. The molecule has 308 valence electrons. The molecular weight excluding hydrogens is 749 g/mol. The van der Waals surface area contributed by atoms with Gasteiger partial charge in [-0.15, -0.1) is 0 Å². The predicted octanol–water partition coefficient (Wildman–Crippen LogP) is 14.1. The Hall–Kier alpha value is -6.00. The van der Waals surface area contributed by atoms with Crippen molar-refractivity contribution >= 4 is 95.3 Å². The number of fused-ring (bicyclic) bond motifs is 11. The number of hydrogen-bond donors (Lipinski definition) is 0. The summed E-state index contributed by atoms with van der Waals surface area (Å²) < 4.78 is 2.61. The molecule has 4 heteroatoms. The Morgan fingerprint density at radius 1 is 0.371 bits per heavy atom. The number of nitrogens with zero attached hydrogens (tertiary/aromatic N) is 3. The molecule has 0 spiro atoms. The maximum atomic E-state index is 2.63. The van der Waals surface area contributed by atoms with Crippen molar-refractivity contribution in [1.82, 2.24) is 4.40 Å². The van der Waals surface area contributed by atoms with E-state index in [1.165, 1.54) is 111 Å². The molecule has 0 N–H and O–H groups in total. The second kappa shape index (κ2) is 12.8. The summed E-state index contributed by atoms with van der Waals surface area (Å²) in [6.45, 7) is 27.9. The van der Waals surface area contributed by atoms with E-state index in [1.807, 2.05) is 0 Å². The Morgan fingerprint density at radius 3 is 1.35 bits per heavy atom. The fraction of sp³-hybridized carbons (Fsp3) is 0.276. The second-order valence-corrected chi connectivity index (χ2v) is 22.4. The molecular formula is C58H58BN3. The van der Waals surface area contributed by atoms with Crippen LogP contribution in [-0.4, -0.2) is 11.1 Å². The fourth-order valence-electron chi connectivity index (χ4n) is 10.7. The zero-order chi connectivity index (χ0) is 43.4. The lowest BCUT2D eigenvalue weighted by molar-refractivity contribution is 0.590. The highest BCUT2D eigenvalue weighted by Gasteiger charge is 2.46. The molecule has 2 aliphatic heterocycles. The van der Waals surface area contributed by atoms with Gasteiger partial charge in [-0.2, -0.15) is 0 Å². The van der Waals surface area contributed by atoms with Crippen LogP contribution in [-0.2, 0) is 21.7 Å². The van der Waals surface area contributed by atoms with Crippen LogP contribution in [0.25, 0.3) is 38.1 Å². The average Bonchev–Trinajstić information content (AvgIpc) is 3.74. The van der Waals surface area contributed by atoms with Crippen molar-refractivity contribution in [1.29, 1.82) is 0 Å². The van der Waals surface area contributed by atoms with Crippen LogP contribution < -0.4 is 26.2 Å². The summed E-state index contributed by atoms with van der Waals surface area (Å²) in [4.78, 5) is 5.23. The Bertz CT molecular complexity index is 3240. The summed E-state index contributed by atoms with van der Waals surface area (Å²) >= 11 is 0. The van der Waals surface area contributed by atoms with Crippen molar-refractivity contribution in [2.75, 3.05) is 9.80 Å². The lowest BCUT2D eigenvalue weighted by Gasteiger charge is -2.45. The van der Waals surface area contributed by atoms with Crippen LogP contribution in [0.4, 0.5) is 34.1 Å². The molecule has 0 aliphatic carbocycles. The van der Waals surface area contributed by atoms with Gasteiger partial charge in [0.25, 0.3) is 6.71 Å². The third-order valence-corrected chi connectivity index (χ3v) is 14.1. The lowest BCUT2D eigenvalue weighted by atomic mass is 9.33. The largest absolute Gasteiger partial charge is 0.311 e. The molecule has 7 aromatic carbocycles. The number of para-hydroxylation sites is 2. The molecule has 62 heavy (non-hydrogen) atoms. The Labute approximate surface area is 368 Å². The average molecular weight is 808 g/mol. The van der Waals surface area contributed by atoms with Gasteiger partial charge in [-0.25, -0.2) is 0 Å². The third kappa shape index (κ3) is 5.57. The zero-order valence-corrected chi connectivity index (χ0v) is 38.6. The van der Waals surface area contributed by atoms with Crippen LogP contribution in [0.5, 0.6) is 0 Å². The van der Waals surface area contributed by atoms with Gasteiger partial charge in [0.15, 0.2) is 0 Å². The summed E-state index contributed by atoms with van der Waals surface area (Å²) in [7, 11) is 0. The molecule has 0 bridgehead atoms. The highest BCUT2D eigenvalue weighted by molar-refractivity contribution is 7.00. The van der Waals surface area contributed by atoms with Gasteiger partial charge in [0, 0.05) is 50.0 Å². The molecule has 0 atom stereocenters. The second-order valence-electron chi connectivity index (χ2n) is 22.4. The van der Waals surface area contributed by atoms with Gasteiger partial charge in [-0.3, -0.25) is 0 Å². The van der Waals surface area contributed by atoms with Gasteiger partial charge in [-0.1, -0.05) is 168 Å². The zero-order valence-electron chi connectivity index (χ0n) is 38.6. The first-order valence-corrected chi connectivity index (χ1v) is 22.6. The molecule has 0 radical (unpaired) electrons. The number of benzene rings is 7. The lowest BCUT2D eigenvalue weighted by Crippen LogP contribution is -2.61. The minimum absolute atomic E-state index is 0.00359. The maximum absolute atomic E-state index is 2.63. The maximum Gasteiger partial charge on any atom is 0.252 e. The number of rotatable bonds is 2. The molecule has 0 unspecified atom stereocenters. The fourth-order valence-corrected chi connectivity index (χ4v) is 10.7. The van der Waals surface area contributed by atoms with Crippen LogP contribution in [0.1, 0.15) is 105 Å². The summed E-state index contributed by atoms with van der Waals surface area (Å²) in [6.07, 6.45) is 0. The SMILES string of the molecule is CC(C)(C)c1ccc(N2c3ccc(C(C)(C)C)cc3B3c4cc(C(C)(C)C)ccc4N(c4ccc(C(C)(C)C)cc4)c4c3c2cc2c3cccc5c6ccccc6n(c42)c53)cc1. The van der Waals surface area contributed by atoms with E-state index >= 15 is 0 Å². The highest BCUT2D eigenvalue weighted by atomic mass is 15.2. The monoisotopic (exact) mass is 807 g/mol. The third-order valence-electron chi connectivity index (χ3n) is 14.1. The van der Waals surface area contributed by atoms with E-state index in [9.17, 15) is 0 Å². The molecule has 0 amide bonds. The first kappa shape index (κ1) is 38.9. The Kier molecular flexibility index (Phi) is 8.02. The Morgan fingerprint density at radius 2 is 0.823 bits per heavy atom. The predicted molar refractivity (Wildman–Crippen MR) is 270 cm³/mol. The van der Waals surface area contributed by atoms with E-state index in [2.05, 4.69) is 231 Å². The van der Waals surface area contributed by atoms with Crippen molar-refractivity contribution < 1.29 is 0 Å². The first-order valence-electron chi connectivity index (χ1n) is 22.6. The highest BCUT2D eigenvalue weighted by Crippen LogP contribution is 2.51. The van der Waals surface area contributed by atoms with E-state index in [-0.39, 0.29) is 28.4 Å². The van der Waals surface area contributed by atoms with E-state index in [0.29, 0.717) is 0 Å². The van der Waals surface area contributed by atoms with Gasteiger partial charge < -0.3 is 14.2 Å². The molecule has 2 aliphatic rings. The van der Waals surface area contributed by atoms with Crippen LogP contribution >= 0.6 is 0 Å². The van der Waals surface area contributed by atoms with Gasteiger partial charge in [0.05, 0.1) is 22.2 Å². The van der Waals surface area contributed by atoms with Gasteiger partial charge in [0.1, 0.15) is 0 Å². The first-order chi connectivity index (χ1) is 29.3. The number of anilines is 6. The topological polar surface area (TPSA) is 10.9 Å². The molecule has 0 saturated heterocycles. The van der Waals surface area contributed by atoms with Crippen molar-refractivity contribution in [3.8, 4) is 0 Å². The minimum atomic E-state index is -0.0296. The quantitative estimate of drug-likeness (QED) is 0.161. The van der Waals surface area contributed by atoms with Gasteiger partial charge in [0.2, 0.25) is 0 Å². The van der Waals surface area contributed by atoms with Crippen LogP contribution in [0, 0.1) is 0 Å². The van der Waals surface area contributed by atoms with E-state index < -0.39 is 0 Å². The molecule has 0 fully saturated rings. The van der Waals surface area contributed by atoms with E-state index in [4.69, 9.17) is 0 Å². The summed E-state index contributed by atoms with van der Waals surface area (Å²) in [5.74, 6) is 0. The van der Waals surface area contributed by atoms with Gasteiger partial charge in [-0.05, 0) is 109 Å². The van der Waals surface area contributed by atoms with Crippen LogP contribution in [0.2, 0.25) is 0 Å². The van der Waals surface area contributed by atoms with E-state index in [0.717, 1.165) is 0 Å². The van der Waals surface area contributed by atoms with Crippen molar-refractivity contribution in [3.05, 3.63) is 156 Å². The molecule has 2 aromatic heterocycles. The number of hydrogen-bond acceptors (Lipinski definition) is 2. The normalized spacial score (nSPS) is 14.4. The van der Waals surface area contributed by atoms with Crippen molar-refractivity contribution in [2.45, 2.75) is 105 Å².